The quantitative estimate of drug-likeness (QED) is 0.596. The monoisotopic (exact) mass is 437 g/mol. The molecule has 1 saturated carbocycles. The Balaban J connectivity index is 1.40. The highest BCUT2D eigenvalue weighted by Crippen LogP contribution is 2.34. The second kappa shape index (κ2) is 8.53. The minimum atomic E-state index is -0.478. The van der Waals surface area contributed by atoms with Crippen molar-refractivity contribution in [2.45, 2.75) is 38.3 Å². The maximum absolute atomic E-state index is 13.9. The molecule has 2 heterocycles. The van der Waals surface area contributed by atoms with Crippen LogP contribution in [0.5, 0.6) is 11.5 Å². The van der Waals surface area contributed by atoms with Crippen molar-refractivity contribution in [1.29, 1.82) is 0 Å². The van der Waals surface area contributed by atoms with E-state index in [-0.39, 0.29) is 30.2 Å². The van der Waals surface area contributed by atoms with E-state index in [0.717, 1.165) is 24.0 Å². The predicted octanol–water partition coefficient (Wildman–Crippen LogP) is 4.86. The number of amides is 2. The number of fused-ring (bicyclic) bond motifs is 1. The Morgan fingerprint density at radius 2 is 2.06 bits per heavy atom. The number of urea groups is 1. The molecule has 1 aliphatic carbocycles. The van der Waals surface area contributed by atoms with Crippen LogP contribution in [0.25, 0.3) is 16.7 Å². The van der Waals surface area contributed by atoms with Gasteiger partial charge in [0.05, 0.1) is 13.2 Å². The van der Waals surface area contributed by atoms with E-state index >= 15 is 0 Å². The van der Waals surface area contributed by atoms with Crippen molar-refractivity contribution in [3.05, 3.63) is 59.9 Å². The molecular formula is C24H24FN3O4. The SMILES string of the molecule is COc1ccc(C2=CN(Cc3nc4cccc(F)c4o3)C(=O)NC2)cc1OC1CCCC1. The normalized spacial score (nSPS) is 16.9. The number of nitrogens with zero attached hydrogens (tertiary/aromatic N) is 2. The third kappa shape index (κ3) is 4.00. The number of oxazole rings is 1. The molecule has 0 atom stereocenters. The molecule has 32 heavy (non-hydrogen) atoms. The summed E-state index contributed by atoms with van der Waals surface area (Å²) in [5, 5.41) is 2.87. The lowest BCUT2D eigenvalue weighted by Gasteiger charge is -2.25. The number of halogens is 1. The predicted molar refractivity (Wildman–Crippen MR) is 117 cm³/mol. The summed E-state index contributed by atoms with van der Waals surface area (Å²) in [5.74, 6) is 1.17. The zero-order valence-corrected chi connectivity index (χ0v) is 17.8. The van der Waals surface area contributed by atoms with Gasteiger partial charge in [-0.2, -0.15) is 0 Å². The molecule has 5 rings (SSSR count). The van der Waals surface area contributed by atoms with Gasteiger partial charge >= 0.3 is 6.03 Å². The molecule has 1 fully saturated rings. The van der Waals surface area contributed by atoms with Crippen LogP contribution in [0.1, 0.15) is 37.1 Å². The first kappa shape index (κ1) is 20.4. The maximum atomic E-state index is 13.9. The molecule has 1 aliphatic heterocycles. The van der Waals surface area contributed by atoms with E-state index in [2.05, 4.69) is 10.3 Å². The van der Waals surface area contributed by atoms with Crippen molar-refractivity contribution >= 4 is 22.7 Å². The summed E-state index contributed by atoms with van der Waals surface area (Å²) in [6, 6.07) is 10.1. The number of methoxy groups -OCH3 is 1. The fourth-order valence-electron chi connectivity index (χ4n) is 4.19. The van der Waals surface area contributed by atoms with Gasteiger partial charge in [-0.1, -0.05) is 12.1 Å². The number of para-hydroxylation sites is 1. The molecule has 0 radical (unpaired) electrons. The van der Waals surface area contributed by atoms with Gasteiger partial charge in [-0.3, -0.25) is 4.90 Å². The first-order chi connectivity index (χ1) is 15.6. The molecule has 8 heteroatoms. The summed E-state index contributed by atoms with van der Waals surface area (Å²) >= 11 is 0. The molecule has 1 N–H and O–H groups in total. The minimum absolute atomic E-state index is 0.0883. The van der Waals surface area contributed by atoms with Crippen LogP contribution >= 0.6 is 0 Å². The highest BCUT2D eigenvalue weighted by molar-refractivity contribution is 5.84. The molecule has 1 aromatic heterocycles. The lowest BCUT2D eigenvalue weighted by atomic mass is 10.0. The number of nitrogens with one attached hydrogen (secondary N) is 1. The van der Waals surface area contributed by atoms with Crippen LogP contribution in [0, 0.1) is 5.82 Å². The van der Waals surface area contributed by atoms with Crippen LogP contribution in [-0.2, 0) is 6.54 Å². The summed E-state index contributed by atoms with van der Waals surface area (Å²) in [4.78, 5) is 18.2. The average molecular weight is 437 g/mol. The number of hydrogen-bond donors (Lipinski definition) is 1. The van der Waals surface area contributed by atoms with Gasteiger partial charge in [0.15, 0.2) is 22.9 Å². The Morgan fingerprint density at radius 1 is 1.22 bits per heavy atom. The maximum Gasteiger partial charge on any atom is 0.322 e. The highest BCUT2D eigenvalue weighted by Gasteiger charge is 2.23. The van der Waals surface area contributed by atoms with E-state index < -0.39 is 5.82 Å². The van der Waals surface area contributed by atoms with Crippen molar-refractivity contribution in [3.63, 3.8) is 0 Å². The van der Waals surface area contributed by atoms with Gasteiger partial charge in [0.2, 0.25) is 5.89 Å². The fraction of sp³-hybridized carbons (Fsp3) is 0.333. The van der Waals surface area contributed by atoms with E-state index in [4.69, 9.17) is 13.9 Å². The summed E-state index contributed by atoms with van der Waals surface area (Å²) < 4.78 is 31.1. The highest BCUT2D eigenvalue weighted by atomic mass is 19.1. The van der Waals surface area contributed by atoms with Crippen LogP contribution < -0.4 is 14.8 Å². The molecule has 0 saturated heterocycles. The smallest absolute Gasteiger partial charge is 0.322 e. The van der Waals surface area contributed by atoms with Crippen molar-refractivity contribution in [1.82, 2.24) is 15.2 Å². The summed E-state index contributed by atoms with van der Waals surface area (Å²) in [6.07, 6.45) is 6.42. The number of benzene rings is 2. The second-order valence-corrected chi connectivity index (χ2v) is 8.03. The second-order valence-electron chi connectivity index (χ2n) is 8.03. The lowest BCUT2D eigenvalue weighted by molar-refractivity contribution is 0.200. The Hall–Kier alpha value is -3.55. The van der Waals surface area contributed by atoms with Gasteiger partial charge in [-0.15, -0.1) is 0 Å². The average Bonchev–Trinajstić information content (AvgIpc) is 3.45. The van der Waals surface area contributed by atoms with Crippen molar-refractivity contribution < 1.29 is 23.1 Å². The molecule has 0 spiro atoms. The molecule has 2 aliphatic rings. The molecule has 2 amide bonds. The number of aromatic nitrogens is 1. The molecule has 2 aromatic carbocycles. The Morgan fingerprint density at radius 3 is 2.84 bits per heavy atom. The van der Waals surface area contributed by atoms with Crippen LogP contribution in [0.4, 0.5) is 9.18 Å². The summed E-state index contributed by atoms with van der Waals surface area (Å²) in [7, 11) is 1.63. The van der Waals surface area contributed by atoms with Gasteiger partial charge < -0.3 is 19.2 Å². The lowest BCUT2D eigenvalue weighted by Crippen LogP contribution is -2.41. The van der Waals surface area contributed by atoms with Crippen LogP contribution in [0.15, 0.2) is 47.0 Å². The summed E-state index contributed by atoms with van der Waals surface area (Å²) in [6.45, 7) is 0.470. The number of carbonyl (C=O) groups excluding carboxylic acids is 1. The van der Waals surface area contributed by atoms with Crippen molar-refractivity contribution in [2.75, 3.05) is 13.7 Å². The van der Waals surface area contributed by atoms with Crippen LogP contribution in [0.2, 0.25) is 0 Å². The van der Waals surface area contributed by atoms with Gasteiger partial charge in [-0.25, -0.2) is 14.2 Å². The molecule has 166 valence electrons. The number of carbonyl (C=O) groups is 1. The van der Waals surface area contributed by atoms with Crippen molar-refractivity contribution in [2.24, 2.45) is 0 Å². The minimum Gasteiger partial charge on any atom is -0.493 e. The topological polar surface area (TPSA) is 76.8 Å². The number of ether oxygens (including phenoxy) is 2. The Kier molecular flexibility index (Phi) is 5.43. The zero-order valence-electron chi connectivity index (χ0n) is 17.8. The molecule has 7 nitrogen and oxygen atoms in total. The zero-order chi connectivity index (χ0) is 22.1. The first-order valence-electron chi connectivity index (χ1n) is 10.7. The number of hydrogen-bond acceptors (Lipinski definition) is 5. The van der Waals surface area contributed by atoms with Crippen LogP contribution in [-0.4, -0.2) is 35.7 Å². The Labute approximate surface area is 184 Å². The van der Waals surface area contributed by atoms with E-state index in [1.165, 1.54) is 23.8 Å². The largest absolute Gasteiger partial charge is 0.493 e. The fourth-order valence-corrected chi connectivity index (χ4v) is 4.19. The molecule has 3 aromatic rings. The third-order valence-electron chi connectivity index (χ3n) is 5.85. The van der Waals surface area contributed by atoms with E-state index in [0.29, 0.717) is 23.6 Å². The van der Waals surface area contributed by atoms with Gasteiger partial charge in [0.25, 0.3) is 0 Å². The van der Waals surface area contributed by atoms with E-state index in [1.54, 1.807) is 25.4 Å². The first-order valence-corrected chi connectivity index (χ1v) is 10.7. The molecular weight excluding hydrogens is 413 g/mol. The van der Waals surface area contributed by atoms with E-state index in [1.807, 2.05) is 18.2 Å². The standard InChI is InChI=1S/C24H24FN3O4/c1-30-20-10-9-15(11-21(20)31-17-5-2-3-6-17)16-12-26-24(29)28(13-16)14-22-27-19-8-4-7-18(25)23(19)32-22/h4,7-11,13,17H,2-3,5-6,12,14H2,1H3,(H,26,29). The van der Waals surface area contributed by atoms with Gasteiger partial charge in [0, 0.05) is 12.7 Å². The van der Waals surface area contributed by atoms with Gasteiger partial charge in [-0.05, 0) is 61.1 Å². The van der Waals surface area contributed by atoms with Crippen molar-refractivity contribution in [3.8, 4) is 11.5 Å². The Bertz CT molecular complexity index is 1180. The molecule has 0 bridgehead atoms. The number of rotatable bonds is 6. The summed E-state index contributed by atoms with van der Waals surface area (Å²) in [5.41, 5.74) is 2.34. The molecule has 0 unspecified atom stereocenters. The third-order valence-corrected chi connectivity index (χ3v) is 5.85. The van der Waals surface area contributed by atoms with Gasteiger partial charge in [0.1, 0.15) is 12.1 Å². The van der Waals surface area contributed by atoms with E-state index in [9.17, 15) is 9.18 Å². The van der Waals surface area contributed by atoms with Crippen LogP contribution in [0.3, 0.4) is 0 Å².